The molecule has 0 aliphatic carbocycles. The third-order valence-corrected chi connectivity index (χ3v) is 2.98. The number of aliphatic hydroxyl groups excluding tert-OH is 1. The van der Waals surface area contributed by atoms with Crippen molar-refractivity contribution in [2.75, 3.05) is 6.61 Å². The second-order valence-electron chi connectivity index (χ2n) is 4.84. The molecule has 0 spiro atoms. The first-order valence-corrected chi connectivity index (χ1v) is 5.99. The van der Waals surface area contributed by atoms with Crippen molar-refractivity contribution in [2.24, 2.45) is 0 Å². The quantitative estimate of drug-likeness (QED) is 0.829. The number of benzene rings is 1. The van der Waals surface area contributed by atoms with E-state index in [2.05, 4.69) is 0 Å². The summed E-state index contributed by atoms with van der Waals surface area (Å²) in [5, 5.41) is 19.3. The zero-order chi connectivity index (χ0) is 13.1. The molecule has 0 saturated heterocycles. The molecular formula is C14H22O3. The fraction of sp³-hybridized carbons (Fsp3) is 0.571. The van der Waals surface area contributed by atoms with Crippen molar-refractivity contribution in [2.45, 2.75) is 45.8 Å². The van der Waals surface area contributed by atoms with Crippen molar-refractivity contribution in [3.8, 4) is 5.75 Å². The van der Waals surface area contributed by atoms with E-state index in [1.54, 1.807) is 13.8 Å². The van der Waals surface area contributed by atoms with Gasteiger partial charge < -0.3 is 14.9 Å². The Morgan fingerprint density at radius 1 is 1.41 bits per heavy atom. The maximum Gasteiger partial charge on any atom is 0.122 e. The molecule has 2 atom stereocenters. The van der Waals surface area contributed by atoms with Crippen molar-refractivity contribution in [1.82, 2.24) is 0 Å². The first-order valence-electron chi connectivity index (χ1n) is 5.99. The van der Waals surface area contributed by atoms with Gasteiger partial charge in [-0.15, -0.1) is 0 Å². The summed E-state index contributed by atoms with van der Waals surface area (Å²) >= 11 is 0. The normalized spacial score (nSPS) is 16.4. The van der Waals surface area contributed by atoms with Gasteiger partial charge in [-0.3, -0.25) is 0 Å². The SMILES string of the molecule is CCC(C)(O)COc1ccc([C@@H](C)O)cc1C. The molecular weight excluding hydrogens is 216 g/mol. The molecule has 0 bridgehead atoms. The lowest BCUT2D eigenvalue weighted by Crippen LogP contribution is -2.31. The third-order valence-electron chi connectivity index (χ3n) is 2.98. The van der Waals surface area contributed by atoms with E-state index in [1.807, 2.05) is 32.0 Å². The predicted molar refractivity (Wildman–Crippen MR) is 68.2 cm³/mol. The lowest BCUT2D eigenvalue weighted by Gasteiger charge is -2.22. The summed E-state index contributed by atoms with van der Waals surface area (Å²) in [5.74, 6) is 0.753. The average molecular weight is 238 g/mol. The Labute approximate surface area is 103 Å². The second-order valence-corrected chi connectivity index (χ2v) is 4.84. The van der Waals surface area contributed by atoms with Gasteiger partial charge in [0, 0.05) is 0 Å². The molecule has 2 N–H and O–H groups in total. The molecule has 0 aliphatic rings. The number of hydrogen-bond acceptors (Lipinski definition) is 3. The van der Waals surface area contributed by atoms with Gasteiger partial charge in [0.25, 0.3) is 0 Å². The van der Waals surface area contributed by atoms with Gasteiger partial charge in [-0.25, -0.2) is 0 Å². The van der Waals surface area contributed by atoms with E-state index in [-0.39, 0.29) is 6.61 Å². The molecule has 0 saturated carbocycles. The number of hydrogen-bond donors (Lipinski definition) is 2. The van der Waals surface area contributed by atoms with Crippen molar-refractivity contribution < 1.29 is 14.9 Å². The minimum Gasteiger partial charge on any atom is -0.490 e. The van der Waals surface area contributed by atoms with Crippen LogP contribution in [0, 0.1) is 6.92 Å². The predicted octanol–water partition coefficient (Wildman–Crippen LogP) is 2.59. The maximum atomic E-state index is 9.85. The molecule has 0 aliphatic heterocycles. The van der Waals surface area contributed by atoms with Crippen molar-refractivity contribution in [1.29, 1.82) is 0 Å². The van der Waals surface area contributed by atoms with E-state index in [9.17, 15) is 10.2 Å². The molecule has 0 fully saturated rings. The zero-order valence-electron chi connectivity index (χ0n) is 11.0. The Bertz CT molecular complexity index is 370. The highest BCUT2D eigenvalue weighted by atomic mass is 16.5. The molecule has 1 aromatic carbocycles. The average Bonchev–Trinajstić information content (AvgIpc) is 2.27. The molecule has 1 rings (SSSR count). The van der Waals surface area contributed by atoms with E-state index in [4.69, 9.17) is 4.74 Å². The number of rotatable bonds is 5. The molecule has 0 amide bonds. The summed E-state index contributed by atoms with van der Waals surface area (Å²) in [7, 11) is 0. The Morgan fingerprint density at radius 2 is 2.06 bits per heavy atom. The minimum absolute atomic E-state index is 0.276. The topological polar surface area (TPSA) is 49.7 Å². The number of ether oxygens (including phenoxy) is 1. The lowest BCUT2D eigenvalue weighted by atomic mass is 10.1. The van der Waals surface area contributed by atoms with Crippen LogP contribution in [0.1, 0.15) is 44.4 Å². The van der Waals surface area contributed by atoms with Gasteiger partial charge >= 0.3 is 0 Å². The number of aliphatic hydroxyl groups is 2. The van der Waals surface area contributed by atoms with Crippen LogP contribution in [0.2, 0.25) is 0 Å². The summed E-state index contributed by atoms with van der Waals surface area (Å²) in [6.07, 6.45) is 0.180. The largest absolute Gasteiger partial charge is 0.490 e. The molecule has 17 heavy (non-hydrogen) atoms. The third kappa shape index (κ3) is 4.02. The van der Waals surface area contributed by atoms with Crippen molar-refractivity contribution >= 4 is 0 Å². The highest BCUT2D eigenvalue weighted by Gasteiger charge is 2.18. The van der Waals surface area contributed by atoms with E-state index in [1.165, 1.54) is 0 Å². The first-order chi connectivity index (χ1) is 7.85. The van der Waals surface area contributed by atoms with E-state index in [0.29, 0.717) is 6.42 Å². The molecule has 0 aromatic heterocycles. The zero-order valence-corrected chi connectivity index (χ0v) is 11.0. The van der Waals surface area contributed by atoms with Crippen LogP contribution in [0.5, 0.6) is 5.75 Å². The molecule has 0 heterocycles. The first kappa shape index (κ1) is 14.0. The molecule has 0 radical (unpaired) electrons. The Kier molecular flexibility index (Phi) is 4.54. The van der Waals surface area contributed by atoms with Crippen LogP contribution >= 0.6 is 0 Å². The van der Waals surface area contributed by atoms with E-state index < -0.39 is 11.7 Å². The molecule has 1 aromatic rings. The Balaban J connectivity index is 2.73. The summed E-state index contributed by atoms with van der Waals surface area (Å²) in [6.45, 7) is 7.62. The van der Waals surface area contributed by atoms with Gasteiger partial charge in [0.1, 0.15) is 12.4 Å². The van der Waals surface area contributed by atoms with Gasteiger partial charge in [0.15, 0.2) is 0 Å². The van der Waals surface area contributed by atoms with E-state index in [0.717, 1.165) is 16.9 Å². The van der Waals surface area contributed by atoms with Gasteiger partial charge in [-0.2, -0.15) is 0 Å². The van der Waals surface area contributed by atoms with Crippen LogP contribution in [0.15, 0.2) is 18.2 Å². The summed E-state index contributed by atoms with van der Waals surface area (Å²) in [6, 6.07) is 5.58. The van der Waals surface area contributed by atoms with Gasteiger partial charge in [-0.1, -0.05) is 13.0 Å². The lowest BCUT2D eigenvalue weighted by molar-refractivity contribution is 0.00825. The fourth-order valence-corrected chi connectivity index (χ4v) is 1.43. The maximum absolute atomic E-state index is 9.85. The van der Waals surface area contributed by atoms with Crippen LogP contribution in [0.4, 0.5) is 0 Å². The van der Waals surface area contributed by atoms with Crippen molar-refractivity contribution in [3.05, 3.63) is 29.3 Å². The molecule has 96 valence electrons. The highest BCUT2D eigenvalue weighted by molar-refractivity contribution is 5.37. The fourth-order valence-electron chi connectivity index (χ4n) is 1.43. The van der Waals surface area contributed by atoms with Crippen LogP contribution in [0.25, 0.3) is 0 Å². The standard InChI is InChI=1S/C14H22O3/c1-5-14(4,16)9-17-13-7-6-12(11(3)15)8-10(13)2/h6-8,11,15-16H,5,9H2,1-4H3/t11-,14?/m1/s1. The Morgan fingerprint density at radius 3 is 2.53 bits per heavy atom. The summed E-state index contributed by atoms with van der Waals surface area (Å²) in [4.78, 5) is 0. The van der Waals surface area contributed by atoms with Crippen LogP contribution in [0.3, 0.4) is 0 Å². The second kappa shape index (κ2) is 5.52. The van der Waals surface area contributed by atoms with E-state index >= 15 is 0 Å². The van der Waals surface area contributed by atoms with Gasteiger partial charge in [0.05, 0.1) is 11.7 Å². The summed E-state index contributed by atoms with van der Waals surface area (Å²) < 4.78 is 5.60. The number of aryl methyl sites for hydroxylation is 1. The Hall–Kier alpha value is -1.06. The van der Waals surface area contributed by atoms with Crippen molar-refractivity contribution in [3.63, 3.8) is 0 Å². The minimum atomic E-state index is -0.796. The van der Waals surface area contributed by atoms with Crippen LogP contribution in [-0.4, -0.2) is 22.4 Å². The molecule has 3 heteroatoms. The van der Waals surface area contributed by atoms with Crippen LogP contribution < -0.4 is 4.74 Å². The highest BCUT2D eigenvalue weighted by Crippen LogP contribution is 2.23. The van der Waals surface area contributed by atoms with Crippen LogP contribution in [-0.2, 0) is 0 Å². The molecule has 1 unspecified atom stereocenters. The smallest absolute Gasteiger partial charge is 0.122 e. The summed E-state index contributed by atoms with van der Waals surface area (Å²) in [5.41, 5.74) is 1.04. The van der Waals surface area contributed by atoms with Gasteiger partial charge in [0.2, 0.25) is 0 Å². The van der Waals surface area contributed by atoms with Gasteiger partial charge in [-0.05, 0) is 50.5 Å². The molecule has 3 nitrogen and oxygen atoms in total. The monoisotopic (exact) mass is 238 g/mol.